The van der Waals surface area contributed by atoms with Crippen molar-refractivity contribution in [2.45, 2.75) is 0 Å². The van der Waals surface area contributed by atoms with Gasteiger partial charge in [0.1, 0.15) is 23.1 Å². The predicted molar refractivity (Wildman–Crippen MR) is 141 cm³/mol. The van der Waals surface area contributed by atoms with E-state index < -0.39 is 0 Å². The molecule has 0 spiro atoms. The lowest BCUT2D eigenvalue weighted by atomic mass is 10.2. The van der Waals surface area contributed by atoms with Gasteiger partial charge in [0.15, 0.2) is 11.5 Å². The zero-order chi connectivity index (χ0) is 25.2. The molecule has 194 valence electrons. The minimum Gasteiger partial charge on any atom is -0.454 e. The first kappa shape index (κ1) is 23.8. The molecular weight excluding hydrogens is 498 g/mol. The first-order valence-corrected chi connectivity index (χ1v) is 12.6. The van der Waals surface area contributed by atoms with Gasteiger partial charge in [0, 0.05) is 57.2 Å². The van der Waals surface area contributed by atoms with Crippen molar-refractivity contribution in [2.75, 3.05) is 86.5 Å². The number of ether oxygens (including phenoxy) is 4. The van der Waals surface area contributed by atoms with Crippen molar-refractivity contribution in [3.05, 3.63) is 41.6 Å². The summed E-state index contributed by atoms with van der Waals surface area (Å²) in [6.07, 6.45) is 1.71. The number of nitrogens with zero attached hydrogens (tertiary/aromatic N) is 6. The first-order valence-electron chi connectivity index (χ1n) is 12.2. The molecule has 0 amide bonds. The summed E-state index contributed by atoms with van der Waals surface area (Å²) in [4.78, 5) is 20.5. The predicted octanol–water partition coefficient (Wildman–Crippen LogP) is 3.44. The quantitative estimate of drug-likeness (QED) is 0.512. The van der Waals surface area contributed by atoms with E-state index >= 15 is 0 Å². The summed E-state index contributed by atoms with van der Waals surface area (Å²) in [7, 11) is 1.88. The molecule has 3 aliphatic heterocycles. The fraction of sp³-hybridized carbons (Fsp3) is 0.400. The fourth-order valence-corrected chi connectivity index (χ4v) is 4.84. The fourth-order valence-electron chi connectivity index (χ4n) is 4.57. The number of anilines is 6. The molecule has 3 aromatic rings. The number of fused-ring (bicyclic) bond motifs is 1. The van der Waals surface area contributed by atoms with E-state index in [1.807, 2.05) is 30.1 Å². The summed E-state index contributed by atoms with van der Waals surface area (Å²) < 4.78 is 22.3. The molecule has 2 fully saturated rings. The zero-order valence-corrected chi connectivity index (χ0v) is 21.3. The van der Waals surface area contributed by atoms with E-state index in [0.717, 1.165) is 43.5 Å². The van der Waals surface area contributed by atoms with E-state index in [4.69, 9.17) is 40.5 Å². The minimum absolute atomic E-state index is 0.159. The van der Waals surface area contributed by atoms with Crippen molar-refractivity contribution >= 4 is 46.4 Å². The monoisotopic (exact) mass is 525 g/mol. The molecule has 37 heavy (non-hydrogen) atoms. The lowest BCUT2D eigenvalue weighted by Gasteiger charge is -2.31. The molecule has 0 atom stereocenters. The van der Waals surface area contributed by atoms with Crippen LogP contribution in [0.4, 0.5) is 34.8 Å². The van der Waals surface area contributed by atoms with E-state index in [2.05, 4.69) is 20.1 Å². The van der Waals surface area contributed by atoms with Crippen LogP contribution in [0, 0.1) is 0 Å². The topological polar surface area (TPSA) is 97.3 Å². The molecule has 0 bridgehead atoms. The highest BCUT2D eigenvalue weighted by Crippen LogP contribution is 2.46. The van der Waals surface area contributed by atoms with Crippen molar-refractivity contribution in [2.24, 2.45) is 0 Å². The summed E-state index contributed by atoms with van der Waals surface area (Å²) in [6, 6.07) is 9.47. The van der Waals surface area contributed by atoms with Gasteiger partial charge in [0.05, 0.1) is 31.5 Å². The minimum atomic E-state index is 0.159. The second kappa shape index (κ2) is 10.4. The van der Waals surface area contributed by atoms with Crippen molar-refractivity contribution in [1.82, 2.24) is 15.0 Å². The number of morpholine rings is 2. The number of hydrogen-bond donors (Lipinski definition) is 1. The molecule has 0 radical (unpaired) electrons. The number of benzene rings is 1. The van der Waals surface area contributed by atoms with E-state index in [1.165, 1.54) is 0 Å². The molecule has 11 nitrogen and oxygen atoms in total. The molecule has 0 saturated carbocycles. The average molecular weight is 526 g/mol. The van der Waals surface area contributed by atoms with Crippen LogP contribution in [0.25, 0.3) is 0 Å². The summed E-state index contributed by atoms with van der Waals surface area (Å²) in [5, 5.41) is 3.92. The normalized spacial score (nSPS) is 17.1. The van der Waals surface area contributed by atoms with Crippen LogP contribution in [0.2, 0.25) is 5.02 Å². The standard InChI is InChI=1S/C25H28ClN7O4/c1-31(23-18(26)2-3-19-24(23)37-16-36-19)20-4-5-27-25(30-20)28-17-14-21(32-6-10-34-11-7-32)29-22(15-17)33-8-12-35-13-9-33/h2-5,14-15H,6-13,16H2,1H3,(H,27,28,29,30). The number of nitrogens with one attached hydrogen (secondary N) is 1. The molecule has 0 unspecified atom stereocenters. The Labute approximate surface area is 219 Å². The van der Waals surface area contributed by atoms with Crippen LogP contribution in [0.1, 0.15) is 0 Å². The Bertz CT molecular complexity index is 1230. The molecule has 6 rings (SSSR count). The summed E-state index contributed by atoms with van der Waals surface area (Å²) in [6.45, 7) is 6.08. The summed E-state index contributed by atoms with van der Waals surface area (Å²) in [5.41, 5.74) is 1.54. The van der Waals surface area contributed by atoms with E-state index in [9.17, 15) is 0 Å². The van der Waals surface area contributed by atoms with Gasteiger partial charge in [-0.3, -0.25) is 0 Å². The maximum Gasteiger partial charge on any atom is 0.231 e. The van der Waals surface area contributed by atoms with Crippen molar-refractivity contribution in [3.8, 4) is 11.5 Å². The smallest absolute Gasteiger partial charge is 0.231 e. The van der Waals surface area contributed by atoms with Crippen molar-refractivity contribution in [1.29, 1.82) is 0 Å². The molecule has 2 aromatic heterocycles. The van der Waals surface area contributed by atoms with Crippen LogP contribution in [0.3, 0.4) is 0 Å². The van der Waals surface area contributed by atoms with Gasteiger partial charge in [-0.1, -0.05) is 11.6 Å². The number of hydrogen-bond acceptors (Lipinski definition) is 11. The molecule has 1 aromatic carbocycles. The highest BCUT2D eigenvalue weighted by Gasteiger charge is 2.25. The van der Waals surface area contributed by atoms with Gasteiger partial charge in [0.2, 0.25) is 12.7 Å². The Hall–Kier alpha value is -3.54. The highest BCUT2D eigenvalue weighted by molar-refractivity contribution is 6.34. The van der Waals surface area contributed by atoms with Crippen LogP contribution in [0.5, 0.6) is 11.5 Å². The third-order valence-corrected chi connectivity index (χ3v) is 6.81. The molecule has 3 aliphatic rings. The Morgan fingerprint density at radius 1 is 0.892 bits per heavy atom. The third kappa shape index (κ3) is 5.02. The molecule has 12 heteroatoms. The van der Waals surface area contributed by atoms with Gasteiger partial charge < -0.3 is 39.0 Å². The number of aromatic nitrogens is 3. The van der Waals surface area contributed by atoms with E-state index in [1.54, 1.807) is 18.3 Å². The lowest BCUT2D eigenvalue weighted by Crippen LogP contribution is -2.39. The van der Waals surface area contributed by atoms with E-state index in [0.29, 0.717) is 60.4 Å². The van der Waals surface area contributed by atoms with Gasteiger partial charge in [-0.2, -0.15) is 4.98 Å². The number of halogens is 1. The van der Waals surface area contributed by atoms with Gasteiger partial charge in [-0.15, -0.1) is 0 Å². The van der Waals surface area contributed by atoms with Gasteiger partial charge in [0.25, 0.3) is 0 Å². The first-order chi connectivity index (χ1) is 18.2. The maximum absolute atomic E-state index is 6.53. The van der Waals surface area contributed by atoms with Crippen LogP contribution in [-0.2, 0) is 9.47 Å². The lowest BCUT2D eigenvalue weighted by molar-refractivity contribution is 0.121. The van der Waals surface area contributed by atoms with Crippen LogP contribution in [0.15, 0.2) is 36.5 Å². The van der Waals surface area contributed by atoms with Crippen LogP contribution >= 0.6 is 11.6 Å². The van der Waals surface area contributed by atoms with E-state index in [-0.39, 0.29) is 6.79 Å². The van der Waals surface area contributed by atoms with Gasteiger partial charge in [-0.25, -0.2) is 9.97 Å². The number of rotatable bonds is 6. The summed E-state index contributed by atoms with van der Waals surface area (Å²) in [5.74, 6) is 4.15. The molecular formula is C25H28ClN7O4. The Balaban J connectivity index is 1.30. The summed E-state index contributed by atoms with van der Waals surface area (Å²) >= 11 is 6.53. The van der Waals surface area contributed by atoms with Crippen molar-refractivity contribution < 1.29 is 18.9 Å². The van der Waals surface area contributed by atoms with Crippen LogP contribution < -0.4 is 29.5 Å². The maximum atomic E-state index is 6.53. The van der Waals surface area contributed by atoms with Crippen LogP contribution in [-0.4, -0.2) is 81.4 Å². The Morgan fingerprint density at radius 2 is 1.57 bits per heavy atom. The molecule has 2 saturated heterocycles. The SMILES string of the molecule is CN(c1ccnc(Nc2cc(N3CCOCC3)nc(N3CCOCC3)c2)n1)c1c(Cl)ccc2c1OCO2. The molecule has 5 heterocycles. The molecule has 1 N–H and O–H groups in total. The second-order valence-corrected chi connectivity index (χ2v) is 9.23. The van der Waals surface area contributed by atoms with Gasteiger partial charge in [-0.05, 0) is 18.2 Å². The highest BCUT2D eigenvalue weighted by atomic mass is 35.5. The number of pyridine rings is 1. The second-order valence-electron chi connectivity index (χ2n) is 8.82. The van der Waals surface area contributed by atoms with Crippen molar-refractivity contribution in [3.63, 3.8) is 0 Å². The molecule has 0 aliphatic carbocycles. The average Bonchev–Trinajstić information content (AvgIpc) is 3.42. The Kier molecular flexibility index (Phi) is 6.73. The van der Waals surface area contributed by atoms with Gasteiger partial charge >= 0.3 is 0 Å². The largest absolute Gasteiger partial charge is 0.454 e. The third-order valence-electron chi connectivity index (χ3n) is 6.51. The Morgan fingerprint density at radius 3 is 2.24 bits per heavy atom. The zero-order valence-electron chi connectivity index (χ0n) is 20.5.